The minimum atomic E-state index is 0.575. The molecule has 0 spiro atoms. The number of methoxy groups -OCH3 is 1. The van der Waals surface area contributed by atoms with Crippen LogP contribution < -0.4 is 10.1 Å². The molecule has 1 aromatic carbocycles. The average Bonchev–Trinajstić information content (AvgIpc) is 2.43. The molecule has 0 bridgehead atoms. The van der Waals surface area contributed by atoms with E-state index in [1.165, 1.54) is 5.56 Å². The smallest absolute Gasteiger partial charge is 0.242 e. The van der Waals surface area contributed by atoms with E-state index < -0.39 is 0 Å². The van der Waals surface area contributed by atoms with E-state index in [4.69, 9.17) is 4.74 Å². The van der Waals surface area contributed by atoms with E-state index in [1.807, 2.05) is 32.0 Å². The third-order valence-electron chi connectivity index (χ3n) is 2.92. The lowest BCUT2D eigenvalue weighted by molar-refractivity contribution is 0.414. The summed E-state index contributed by atoms with van der Waals surface area (Å²) in [6, 6.07) is 8.03. The Labute approximate surface area is 113 Å². The highest BCUT2D eigenvalue weighted by molar-refractivity contribution is 5.30. The average molecular weight is 258 g/mol. The minimum Gasteiger partial charge on any atom is -0.497 e. The fourth-order valence-corrected chi connectivity index (χ4v) is 1.68. The van der Waals surface area contributed by atoms with E-state index in [2.05, 4.69) is 26.6 Å². The number of rotatable bonds is 5. The number of ether oxygens (including phenoxy) is 1. The summed E-state index contributed by atoms with van der Waals surface area (Å²) >= 11 is 0. The maximum absolute atomic E-state index is 5.19. The van der Waals surface area contributed by atoms with Gasteiger partial charge in [-0.25, -0.2) is 4.98 Å². The van der Waals surface area contributed by atoms with Gasteiger partial charge in [-0.15, -0.1) is 5.10 Å². The summed E-state index contributed by atoms with van der Waals surface area (Å²) in [4.78, 5) is 4.33. The molecule has 2 aromatic rings. The van der Waals surface area contributed by atoms with Crippen LogP contribution in [0.5, 0.6) is 5.75 Å². The molecule has 5 heteroatoms. The Hall–Kier alpha value is -2.17. The molecule has 0 aliphatic carbocycles. The number of hydrogen-bond acceptors (Lipinski definition) is 5. The van der Waals surface area contributed by atoms with E-state index in [0.29, 0.717) is 5.95 Å². The van der Waals surface area contributed by atoms with Crippen molar-refractivity contribution in [3.63, 3.8) is 0 Å². The van der Waals surface area contributed by atoms with Crippen LogP contribution in [0.3, 0.4) is 0 Å². The Bertz CT molecular complexity index is 557. The second-order valence-corrected chi connectivity index (χ2v) is 4.33. The van der Waals surface area contributed by atoms with Crippen LogP contribution in [0, 0.1) is 13.8 Å². The van der Waals surface area contributed by atoms with Gasteiger partial charge in [0.2, 0.25) is 5.95 Å². The Morgan fingerprint density at radius 2 is 2.00 bits per heavy atom. The number of benzene rings is 1. The first-order valence-corrected chi connectivity index (χ1v) is 6.24. The second kappa shape index (κ2) is 6.13. The lowest BCUT2D eigenvalue weighted by Gasteiger charge is -2.07. The monoisotopic (exact) mass is 258 g/mol. The predicted molar refractivity (Wildman–Crippen MR) is 74.5 cm³/mol. The molecule has 0 radical (unpaired) electrons. The molecule has 19 heavy (non-hydrogen) atoms. The standard InChI is InChI=1S/C14H18N4O/c1-10-11(2)17-18-14(16-10)15-8-7-12-5-4-6-13(9-12)19-3/h4-6,9H,7-8H2,1-3H3,(H,15,16,18). The molecule has 0 saturated carbocycles. The van der Waals surface area contributed by atoms with Gasteiger partial charge < -0.3 is 10.1 Å². The molecule has 0 atom stereocenters. The fourth-order valence-electron chi connectivity index (χ4n) is 1.68. The maximum atomic E-state index is 5.19. The number of anilines is 1. The third-order valence-corrected chi connectivity index (χ3v) is 2.92. The molecule has 0 saturated heterocycles. The molecule has 1 N–H and O–H groups in total. The highest BCUT2D eigenvalue weighted by atomic mass is 16.5. The summed E-state index contributed by atoms with van der Waals surface area (Å²) in [6.45, 7) is 4.59. The van der Waals surface area contributed by atoms with Crippen molar-refractivity contribution in [2.45, 2.75) is 20.3 Å². The van der Waals surface area contributed by atoms with Crippen molar-refractivity contribution in [2.75, 3.05) is 19.0 Å². The fraction of sp³-hybridized carbons (Fsp3) is 0.357. The number of nitrogens with one attached hydrogen (secondary N) is 1. The number of nitrogens with zero attached hydrogens (tertiary/aromatic N) is 3. The van der Waals surface area contributed by atoms with Crippen LogP contribution in [0.25, 0.3) is 0 Å². The van der Waals surface area contributed by atoms with E-state index >= 15 is 0 Å². The van der Waals surface area contributed by atoms with Gasteiger partial charge in [0.1, 0.15) is 5.75 Å². The zero-order chi connectivity index (χ0) is 13.7. The summed E-state index contributed by atoms with van der Waals surface area (Å²) in [5, 5.41) is 11.2. The van der Waals surface area contributed by atoms with E-state index in [9.17, 15) is 0 Å². The van der Waals surface area contributed by atoms with Crippen molar-refractivity contribution in [1.82, 2.24) is 15.2 Å². The molecule has 0 amide bonds. The van der Waals surface area contributed by atoms with Crippen LogP contribution in [0.4, 0.5) is 5.95 Å². The van der Waals surface area contributed by atoms with Gasteiger partial charge in [0.15, 0.2) is 0 Å². The van der Waals surface area contributed by atoms with Crippen LogP contribution in [-0.4, -0.2) is 28.8 Å². The Balaban J connectivity index is 1.90. The predicted octanol–water partition coefficient (Wildman–Crippen LogP) is 2.15. The Kier molecular flexibility index (Phi) is 4.28. The first-order chi connectivity index (χ1) is 9.19. The summed E-state index contributed by atoms with van der Waals surface area (Å²) in [6.07, 6.45) is 0.882. The molecule has 0 aliphatic rings. The van der Waals surface area contributed by atoms with Gasteiger partial charge in [0.05, 0.1) is 18.5 Å². The van der Waals surface area contributed by atoms with Crippen molar-refractivity contribution in [3.05, 3.63) is 41.2 Å². The molecule has 0 aliphatic heterocycles. The zero-order valence-corrected chi connectivity index (χ0v) is 11.5. The van der Waals surface area contributed by atoms with Gasteiger partial charge >= 0.3 is 0 Å². The molecule has 1 heterocycles. The first kappa shape index (κ1) is 13.3. The summed E-state index contributed by atoms with van der Waals surface area (Å²) in [5.41, 5.74) is 2.97. The lowest BCUT2D eigenvalue weighted by atomic mass is 10.1. The Morgan fingerprint density at radius 1 is 1.16 bits per heavy atom. The van der Waals surface area contributed by atoms with Gasteiger partial charge in [-0.2, -0.15) is 5.10 Å². The van der Waals surface area contributed by atoms with E-state index in [0.717, 1.165) is 30.1 Å². The maximum Gasteiger partial charge on any atom is 0.242 e. The summed E-state index contributed by atoms with van der Waals surface area (Å²) in [5.74, 6) is 1.45. The quantitative estimate of drug-likeness (QED) is 0.890. The number of hydrogen-bond donors (Lipinski definition) is 1. The van der Waals surface area contributed by atoms with Crippen molar-refractivity contribution in [3.8, 4) is 5.75 Å². The molecule has 5 nitrogen and oxygen atoms in total. The van der Waals surface area contributed by atoms with Crippen molar-refractivity contribution in [2.24, 2.45) is 0 Å². The van der Waals surface area contributed by atoms with Gasteiger partial charge in [-0.05, 0) is 38.0 Å². The van der Waals surface area contributed by atoms with Gasteiger partial charge in [-0.3, -0.25) is 0 Å². The number of aryl methyl sites for hydroxylation is 2. The summed E-state index contributed by atoms with van der Waals surface area (Å²) in [7, 11) is 1.67. The molecular weight excluding hydrogens is 240 g/mol. The van der Waals surface area contributed by atoms with Crippen molar-refractivity contribution < 1.29 is 4.74 Å². The van der Waals surface area contributed by atoms with E-state index in [-0.39, 0.29) is 0 Å². The molecule has 0 fully saturated rings. The molecular formula is C14H18N4O. The van der Waals surface area contributed by atoms with E-state index in [1.54, 1.807) is 7.11 Å². The van der Waals surface area contributed by atoms with Crippen molar-refractivity contribution >= 4 is 5.95 Å². The zero-order valence-electron chi connectivity index (χ0n) is 11.5. The van der Waals surface area contributed by atoms with Crippen LogP contribution in [0.2, 0.25) is 0 Å². The normalized spacial score (nSPS) is 10.3. The summed E-state index contributed by atoms with van der Waals surface area (Å²) < 4.78 is 5.19. The second-order valence-electron chi connectivity index (χ2n) is 4.33. The topological polar surface area (TPSA) is 59.9 Å². The molecule has 2 rings (SSSR count). The molecule has 100 valence electrons. The first-order valence-electron chi connectivity index (χ1n) is 6.24. The highest BCUT2D eigenvalue weighted by Crippen LogP contribution is 2.13. The van der Waals surface area contributed by atoms with Crippen molar-refractivity contribution in [1.29, 1.82) is 0 Å². The highest BCUT2D eigenvalue weighted by Gasteiger charge is 2.01. The van der Waals surface area contributed by atoms with Crippen LogP contribution in [0.1, 0.15) is 17.0 Å². The Morgan fingerprint density at radius 3 is 2.74 bits per heavy atom. The van der Waals surface area contributed by atoms with Gasteiger partial charge in [0, 0.05) is 6.54 Å². The lowest BCUT2D eigenvalue weighted by Crippen LogP contribution is -2.10. The number of aromatic nitrogens is 3. The van der Waals surface area contributed by atoms with Crippen LogP contribution in [-0.2, 0) is 6.42 Å². The largest absolute Gasteiger partial charge is 0.497 e. The third kappa shape index (κ3) is 3.64. The minimum absolute atomic E-state index is 0.575. The van der Waals surface area contributed by atoms with Crippen LogP contribution >= 0.6 is 0 Å². The molecule has 0 unspecified atom stereocenters. The van der Waals surface area contributed by atoms with Gasteiger partial charge in [0.25, 0.3) is 0 Å². The van der Waals surface area contributed by atoms with Crippen LogP contribution in [0.15, 0.2) is 24.3 Å². The van der Waals surface area contributed by atoms with Gasteiger partial charge in [-0.1, -0.05) is 12.1 Å². The SMILES string of the molecule is COc1cccc(CCNc2nnc(C)c(C)n2)c1. The molecule has 1 aromatic heterocycles.